The van der Waals surface area contributed by atoms with Crippen molar-refractivity contribution >= 4 is 22.9 Å². The Balaban J connectivity index is 1.71. The largest absolute Gasteiger partial charge is 0.497 e. The number of Topliss-reactive ketones (excluding diaryl/α,β-unsaturated/α-hetero) is 1. The molecule has 1 amide bonds. The molecule has 0 radical (unpaired) electrons. The van der Waals surface area contributed by atoms with Crippen molar-refractivity contribution in [1.29, 1.82) is 0 Å². The van der Waals surface area contributed by atoms with Crippen LogP contribution < -0.4 is 10.1 Å². The van der Waals surface area contributed by atoms with Crippen LogP contribution in [0.1, 0.15) is 10.5 Å². The highest BCUT2D eigenvalue weighted by atomic mass is 16.5. The molecule has 0 aliphatic carbocycles. The van der Waals surface area contributed by atoms with Crippen molar-refractivity contribution < 1.29 is 18.7 Å². The van der Waals surface area contributed by atoms with Gasteiger partial charge in [-0.25, -0.2) is 0 Å². The molecule has 1 N–H and O–H groups in total. The van der Waals surface area contributed by atoms with Crippen LogP contribution in [0.25, 0.3) is 16.8 Å². The highest BCUT2D eigenvalue weighted by Crippen LogP contribution is 2.29. The maximum absolute atomic E-state index is 13.0. The Bertz CT molecular complexity index is 1110. The second kappa shape index (κ2) is 6.84. The third kappa shape index (κ3) is 3.08. The number of furan rings is 1. The summed E-state index contributed by atoms with van der Waals surface area (Å²) in [5.74, 6) is -0.184. The van der Waals surface area contributed by atoms with Crippen molar-refractivity contribution in [1.82, 2.24) is 4.40 Å². The molecule has 0 saturated heterocycles. The van der Waals surface area contributed by atoms with E-state index in [0.717, 1.165) is 5.52 Å². The minimum Gasteiger partial charge on any atom is -0.497 e. The molecule has 6 heteroatoms. The van der Waals surface area contributed by atoms with Gasteiger partial charge in [-0.05, 0) is 54.6 Å². The highest BCUT2D eigenvalue weighted by Gasteiger charge is 2.25. The number of benzene rings is 1. The smallest absolute Gasteiger partial charge is 0.298 e. The number of nitrogens with one attached hydrogen (secondary N) is 1. The summed E-state index contributed by atoms with van der Waals surface area (Å²) in [7, 11) is 1.56. The maximum atomic E-state index is 13.0. The predicted molar refractivity (Wildman–Crippen MR) is 101 cm³/mol. The molecule has 4 rings (SSSR count). The van der Waals surface area contributed by atoms with E-state index >= 15 is 0 Å². The number of fused-ring (bicyclic) bond motifs is 1. The SMILES string of the molecule is COc1ccc(NC(=O)C(=O)c2c(-c3ccco3)cc3ccccn23)cc1. The van der Waals surface area contributed by atoms with E-state index in [1.807, 2.05) is 18.2 Å². The van der Waals surface area contributed by atoms with Gasteiger partial charge in [0.25, 0.3) is 11.7 Å². The first kappa shape index (κ1) is 16.7. The van der Waals surface area contributed by atoms with Crippen molar-refractivity contribution in [2.24, 2.45) is 0 Å². The van der Waals surface area contributed by atoms with Crippen LogP contribution in [0.2, 0.25) is 0 Å². The third-order valence-electron chi connectivity index (χ3n) is 4.24. The van der Waals surface area contributed by atoms with Gasteiger partial charge in [0.15, 0.2) is 0 Å². The summed E-state index contributed by atoms with van der Waals surface area (Å²) in [4.78, 5) is 25.6. The molecule has 27 heavy (non-hydrogen) atoms. The molecule has 0 unspecified atom stereocenters. The standard InChI is InChI=1S/C21H16N2O4/c1-26-16-9-7-14(8-10-16)22-21(25)20(24)19-17(18-6-4-12-27-18)13-15-5-2-3-11-23(15)19/h2-13H,1H3,(H,22,25). The van der Waals surface area contributed by atoms with Gasteiger partial charge in [0, 0.05) is 23.0 Å². The first-order valence-corrected chi connectivity index (χ1v) is 8.31. The Kier molecular flexibility index (Phi) is 4.22. The summed E-state index contributed by atoms with van der Waals surface area (Å²) >= 11 is 0. The molecule has 0 spiro atoms. The van der Waals surface area contributed by atoms with Gasteiger partial charge in [0.2, 0.25) is 0 Å². The molecule has 6 nitrogen and oxygen atoms in total. The molecule has 134 valence electrons. The molecule has 3 heterocycles. The van der Waals surface area contributed by atoms with Crippen molar-refractivity contribution in [2.45, 2.75) is 0 Å². The lowest BCUT2D eigenvalue weighted by atomic mass is 10.1. The summed E-state index contributed by atoms with van der Waals surface area (Å²) in [6, 6.07) is 17.6. The molecule has 0 saturated carbocycles. The fraction of sp³-hybridized carbons (Fsp3) is 0.0476. The summed E-state index contributed by atoms with van der Waals surface area (Å²) in [6.45, 7) is 0. The molecule has 0 aliphatic rings. The van der Waals surface area contributed by atoms with Crippen molar-refractivity contribution in [3.05, 3.63) is 78.8 Å². The van der Waals surface area contributed by atoms with Gasteiger partial charge in [-0.1, -0.05) is 6.07 Å². The topological polar surface area (TPSA) is 72.9 Å². The third-order valence-corrected chi connectivity index (χ3v) is 4.24. The number of methoxy groups -OCH3 is 1. The number of amides is 1. The molecule has 4 aromatic rings. The lowest BCUT2D eigenvalue weighted by molar-refractivity contribution is -0.112. The second-order valence-electron chi connectivity index (χ2n) is 5.89. The fourth-order valence-electron chi connectivity index (χ4n) is 2.94. The van der Waals surface area contributed by atoms with E-state index in [4.69, 9.17) is 9.15 Å². The van der Waals surface area contributed by atoms with Crippen LogP contribution in [0.3, 0.4) is 0 Å². The lowest BCUT2D eigenvalue weighted by Crippen LogP contribution is -2.24. The number of ketones is 1. The van der Waals surface area contributed by atoms with E-state index in [1.54, 1.807) is 60.2 Å². The number of nitrogens with zero attached hydrogens (tertiary/aromatic N) is 1. The van der Waals surface area contributed by atoms with Gasteiger partial charge >= 0.3 is 0 Å². The molecular formula is C21H16N2O4. The Morgan fingerprint density at radius 1 is 1.04 bits per heavy atom. The van der Waals surface area contributed by atoms with Crippen LogP contribution in [-0.2, 0) is 4.79 Å². The molecule has 1 aromatic carbocycles. The second-order valence-corrected chi connectivity index (χ2v) is 5.89. The van der Waals surface area contributed by atoms with Crippen molar-refractivity contribution in [2.75, 3.05) is 12.4 Å². The number of carbonyl (C=O) groups excluding carboxylic acids is 2. The molecule has 3 aromatic heterocycles. The highest BCUT2D eigenvalue weighted by molar-refractivity contribution is 6.47. The number of anilines is 1. The van der Waals surface area contributed by atoms with E-state index < -0.39 is 11.7 Å². The minimum absolute atomic E-state index is 0.256. The first-order chi connectivity index (χ1) is 13.2. The van der Waals surface area contributed by atoms with Crippen molar-refractivity contribution in [3.63, 3.8) is 0 Å². The average Bonchev–Trinajstić information content (AvgIpc) is 3.35. The van der Waals surface area contributed by atoms with E-state index in [2.05, 4.69) is 5.32 Å². The zero-order chi connectivity index (χ0) is 18.8. The van der Waals surface area contributed by atoms with E-state index in [-0.39, 0.29) is 5.69 Å². The van der Waals surface area contributed by atoms with E-state index in [9.17, 15) is 9.59 Å². The number of pyridine rings is 1. The predicted octanol–water partition coefficient (Wildman–Crippen LogP) is 4.03. The normalized spacial score (nSPS) is 10.7. The summed E-state index contributed by atoms with van der Waals surface area (Å²) in [6.07, 6.45) is 3.28. The first-order valence-electron chi connectivity index (χ1n) is 8.31. The number of rotatable bonds is 5. The van der Waals surface area contributed by atoms with Gasteiger partial charge in [0.1, 0.15) is 17.2 Å². The number of carbonyl (C=O) groups is 2. The zero-order valence-corrected chi connectivity index (χ0v) is 14.5. The summed E-state index contributed by atoms with van der Waals surface area (Å²) in [5, 5.41) is 2.63. The molecular weight excluding hydrogens is 344 g/mol. The number of aromatic nitrogens is 1. The van der Waals surface area contributed by atoms with Crippen LogP contribution in [0.5, 0.6) is 5.75 Å². The van der Waals surface area contributed by atoms with Gasteiger partial charge in [-0.15, -0.1) is 0 Å². The van der Waals surface area contributed by atoms with Gasteiger partial charge < -0.3 is 18.9 Å². The Hall–Kier alpha value is -3.80. The number of hydrogen-bond donors (Lipinski definition) is 1. The van der Waals surface area contributed by atoms with E-state index in [0.29, 0.717) is 22.8 Å². The van der Waals surface area contributed by atoms with Gasteiger partial charge in [-0.2, -0.15) is 0 Å². The van der Waals surface area contributed by atoms with Crippen LogP contribution in [0, 0.1) is 0 Å². The Morgan fingerprint density at radius 3 is 2.56 bits per heavy atom. The molecule has 0 atom stereocenters. The van der Waals surface area contributed by atoms with Crippen molar-refractivity contribution in [3.8, 4) is 17.1 Å². The van der Waals surface area contributed by atoms with Crippen LogP contribution in [0.4, 0.5) is 5.69 Å². The average molecular weight is 360 g/mol. The van der Waals surface area contributed by atoms with Gasteiger partial charge in [-0.3, -0.25) is 9.59 Å². The van der Waals surface area contributed by atoms with Crippen LogP contribution in [0.15, 0.2) is 77.5 Å². The molecule has 0 bridgehead atoms. The molecule has 0 aliphatic heterocycles. The number of hydrogen-bond acceptors (Lipinski definition) is 4. The number of ether oxygens (including phenoxy) is 1. The quantitative estimate of drug-likeness (QED) is 0.431. The van der Waals surface area contributed by atoms with E-state index in [1.165, 1.54) is 6.26 Å². The molecule has 0 fully saturated rings. The summed E-state index contributed by atoms with van der Waals surface area (Å²) < 4.78 is 12.2. The monoisotopic (exact) mass is 360 g/mol. The van der Waals surface area contributed by atoms with Gasteiger partial charge in [0.05, 0.1) is 13.4 Å². The Labute approximate surface area is 155 Å². The lowest BCUT2D eigenvalue weighted by Gasteiger charge is -2.07. The summed E-state index contributed by atoms with van der Waals surface area (Å²) in [5.41, 5.74) is 2.13. The van der Waals surface area contributed by atoms with Crippen LogP contribution >= 0.6 is 0 Å². The Morgan fingerprint density at radius 2 is 1.85 bits per heavy atom. The van der Waals surface area contributed by atoms with Crippen LogP contribution in [-0.4, -0.2) is 23.2 Å². The minimum atomic E-state index is -0.725. The zero-order valence-electron chi connectivity index (χ0n) is 14.5. The maximum Gasteiger partial charge on any atom is 0.298 e. The fourth-order valence-corrected chi connectivity index (χ4v) is 2.94.